The van der Waals surface area contributed by atoms with Gasteiger partial charge in [0.1, 0.15) is 11.5 Å². The molecule has 0 saturated carbocycles. The van der Waals surface area contributed by atoms with E-state index in [0.29, 0.717) is 11.5 Å². The molecule has 2 N–H and O–H groups in total. The highest BCUT2D eigenvalue weighted by molar-refractivity contribution is 9.10. The van der Waals surface area contributed by atoms with E-state index >= 15 is 0 Å². The molecule has 5 heteroatoms. The Kier molecular flexibility index (Phi) is 3.89. The van der Waals surface area contributed by atoms with Crippen molar-refractivity contribution >= 4 is 15.9 Å². The molecule has 1 fully saturated rings. The fourth-order valence-corrected chi connectivity index (χ4v) is 3.42. The van der Waals surface area contributed by atoms with E-state index in [1.165, 1.54) is 12.5 Å². The standard InChI is InChI=1S/C15H17BrFN3/c1-9-7-10(4-5-12(9)17)14-13(16)15(20-19-14)11-3-2-6-18-8-11/h4-5,7,11,18H,2-3,6,8H2,1H3,(H,19,20). The van der Waals surface area contributed by atoms with Gasteiger partial charge in [-0.3, -0.25) is 5.10 Å². The molecule has 1 atom stereocenters. The van der Waals surface area contributed by atoms with Gasteiger partial charge < -0.3 is 5.32 Å². The highest BCUT2D eigenvalue weighted by Gasteiger charge is 2.22. The van der Waals surface area contributed by atoms with Crippen molar-refractivity contribution in [3.05, 3.63) is 39.7 Å². The quantitative estimate of drug-likeness (QED) is 0.876. The van der Waals surface area contributed by atoms with Crippen LogP contribution in [-0.4, -0.2) is 23.3 Å². The van der Waals surface area contributed by atoms with Crippen LogP contribution < -0.4 is 5.32 Å². The average molecular weight is 338 g/mol. The number of aromatic nitrogens is 2. The SMILES string of the molecule is Cc1cc(-c2n[nH]c(C3CCCNC3)c2Br)ccc1F. The molecule has 1 aromatic carbocycles. The number of nitrogens with zero attached hydrogens (tertiary/aromatic N) is 1. The van der Waals surface area contributed by atoms with Gasteiger partial charge in [-0.05, 0) is 66.0 Å². The van der Waals surface area contributed by atoms with Crippen LogP contribution in [0, 0.1) is 12.7 Å². The van der Waals surface area contributed by atoms with E-state index in [4.69, 9.17) is 0 Å². The van der Waals surface area contributed by atoms with E-state index < -0.39 is 0 Å². The van der Waals surface area contributed by atoms with Crippen LogP contribution in [0.3, 0.4) is 0 Å². The molecular formula is C15H17BrFN3. The van der Waals surface area contributed by atoms with Crippen LogP contribution in [0.1, 0.15) is 30.0 Å². The highest BCUT2D eigenvalue weighted by atomic mass is 79.9. The lowest BCUT2D eigenvalue weighted by molar-refractivity contribution is 0.453. The van der Waals surface area contributed by atoms with Crippen LogP contribution >= 0.6 is 15.9 Å². The van der Waals surface area contributed by atoms with Gasteiger partial charge in [0.25, 0.3) is 0 Å². The van der Waals surface area contributed by atoms with Gasteiger partial charge in [0.15, 0.2) is 0 Å². The number of halogens is 2. The van der Waals surface area contributed by atoms with E-state index in [1.54, 1.807) is 13.0 Å². The van der Waals surface area contributed by atoms with Crippen LogP contribution in [0.25, 0.3) is 11.3 Å². The molecule has 0 aliphatic carbocycles. The van der Waals surface area contributed by atoms with Crippen molar-refractivity contribution in [2.75, 3.05) is 13.1 Å². The monoisotopic (exact) mass is 337 g/mol. The first-order valence-corrected chi connectivity index (χ1v) is 7.67. The van der Waals surface area contributed by atoms with Gasteiger partial charge in [0.05, 0.1) is 10.2 Å². The number of aryl methyl sites for hydroxylation is 1. The normalized spacial score (nSPS) is 19.2. The Morgan fingerprint density at radius 1 is 1.40 bits per heavy atom. The maximum atomic E-state index is 13.4. The summed E-state index contributed by atoms with van der Waals surface area (Å²) >= 11 is 3.65. The maximum Gasteiger partial charge on any atom is 0.126 e. The second-order valence-electron chi connectivity index (χ2n) is 5.31. The molecule has 3 nitrogen and oxygen atoms in total. The van der Waals surface area contributed by atoms with Gasteiger partial charge in [0.2, 0.25) is 0 Å². The molecule has 1 saturated heterocycles. The molecule has 1 unspecified atom stereocenters. The van der Waals surface area contributed by atoms with E-state index in [1.807, 2.05) is 6.07 Å². The summed E-state index contributed by atoms with van der Waals surface area (Å²) in [5.74, 6) is 0.276. The lowest BCUT2D eigenvalue weighted by atomic mass is 9.95. The fourth-order valence-electron chi connectivity index (χ4n) is 2.69. The summed E-state index contributed by atoms with van der Waals surface area (Å²) in [6, 6.07) is 5.10. The molecule has 1 aromatic heterocycles. The Labute approximate surface area is 126 Å². The van der Waals surface area contributed by atoms with Crippen LogP contribution in [0.4, 0.5) is 4.39 Å². The molecule has 0 bridgehead atoms. The largest absolute Gasteiger partial charge is 0.316 e. The van der Waals surface area contributed by atoms with E-state index in [-0.39, 0.29) is 5.82 Å². The van der Waals surface area contributed by atoms with Crippen molar-refractivity contribution in [1.82, 2.24) is 15.5 Å². The summed E-state index contributed by atoms with van der Waals surface area (Å²) in [6.45, 7) is 3.83. The third-order valence-corrected chi connectivity index (χ3v) is 4.67. The smallest absolute Gasteiger partial charge is 0.126 e. The lowest BCUT2D eigenvalue weighted by Gasteiger charge is -2.21. The molecule has 0 radical (unpaired) electrons. The predicted molar refractivity (Wildman–Crippen MR) is 81.3 cm³/mol. The van der Waals surface area contributed by atoms with Crippen molar-refractivity contribution in [2.24, 2.45) is 0 Å². The summed E-state index contributed by atoms with van der Waals surface area (Å²) in [5.41, 5.74) is 3.56. The Hall–Kier alpha value is -1.20. The molecule has 1 aliphatic heterocycles. The molecule has 0 amide bonds. The topological polar surface area (TPSA) is 40.7 Å². The average Bonchev–Trinajstić information content (AvgIpc) is 2.85. The fraction of sp³-hybridized carbons (Fsp3) is 0.400. The number of rotatable bonds is 2. The van der Waals surface area contributed by atoms with Crippen molar-refractivity contribution in [2.45, 2.75) is 25.7 Å². The molecule has 2 heterocycles. The Morgan fingerprint density at radius 3 is 2.95 bits per heavy atom. The number of benzene rings is 1. The number of H-pyrrole nitrogens is 1. The van der Waals surface area contributed by atoms with E-state index in [0.717, 1.165) is 40.9 Å². The van der Waals surface area contributed by atoms with Crippen molar-refractivity contribution < 1.29 is 4.39 Å². The minimum Gasteiger partial charge on any atom is -0.316 e. The molecule has 3 rings (SSSR count). The van der Waals surface area contributed by atoms with Crippen LogP contribution in [0.2, 0.25) is 0 Å². The third-order valence-electron chi connectivity index (χ3n) is 3.87. The van der Waals surface area contributed by atoms with Gasteiger partial charge in [-0.2, -0.15) is 5.10 Å². The summed E-state index contributed by atoms with van der Waals surface area (Å²) < 4.78 is 14.4. The van der Waals surface area contributed by atoms with Crippen molar-refractivity contribution in [1.29, 1.82) is 0 Å². The van der Waals surface area contributed by atoms with E-state index in [9.17, 15) is 4.39 Å². The summed E-state index contributed by atoms with van der Waals surface area (Å²) in [6.07, 6.45) is 2.34. The zero-order chi connectivity index (χ0) is 14.1. The van der Waals surface area contributed by atoms with Gasteiger partial charge in [0, 0.05) is 18.0 Å². The Balaban J connectivity index is 1.94. The zero-order valence-electron chi connectivity index (χ0n) is 11.3. The number of hydrogen-bond donors (Lipinski definition) is 2. The highest BCUT2D eigenvalue weighted by Crippen LogP contribution is 2.35. The number of aromatic amines is 1. The molecular weight excluding hydrogens is 321 g/mol. The molecule has 2 aromatic rings. The summed E-state index contributed by atoms with van der Waals surface area (Å²) in [5, 5.41) is 11.0. The minimum atomic E-state index is -0.183. The first-order chi connectivity index (χ1) is 9.66. The lowest BCUT2D eigenvalue weighted by Crippen LogP contribution is -2.28. The first kappa shape index (κ1) is 13.8. The number of piperidine rings is 1. The molecule has 106 valence electrons. The minimum absolute atomic E-state index is 0.183. The van der Waals surface area contributed by atoms with Gasteiger partial charge in [-0.15, -0.1) is 0 Å². The van der Waals surface area contributed by atoms with Crippen molar-refractivity contribution in [3.8, 4) is 11.3 Å². The molecule has 20 heavy (non-hydrogen) atoms. The maximum absolute atomic E-state index is 13.4. The van der Waals surface area contributed by atoms with Crippen LogP contribution in [0.15, 0.2) is 22.7 Å². The van der Waals surface area contributed by atoms with Crippen LogP contribution in [0.5, 0.6) is 0 Å². The molecule has 1 aliphatic rings. The Morgan fingerprint density at radius 2 is 2.25 bits per heavy atom. The summed E-state index contributed by atoms with van der Waals surface area (Å²) in [4.78, 5) is 0. The molecule has 0 spiro atoms. The van der Waals surface area contributed by atoms with Gasteiger partial charge >= 0.3 is 0 Å². The van der Waals surface area contributed by atoms with Gasteiger partial charge in [-0.25, -0.2) is 4.39 Å². The first-order valence-electron chi connectivity index (χ1n) is 6.88. The zero-order valence-corrected chi connectivity index (χ0v) is 12.9. The van der Waals surface area contributed by atoms with Gasteiger partial charge in [-0.1, -0.05) is 0 Å². The predicted octanol–water partition coefficient (Wildman–Crippen LogP) is 3.75. The van der Waals surface area contributed by atoms with E-state index in [2.05, 4.69) is 31.4 Å². The van der Waals surface area contributed by atoms with Crippen LogP contribution in [-0.2, 0) is 0 Å². The summed E-state index contributed by atoms with van der Waals surface area (Å²) in [7, 11) is 0. The number of nitrogens with one attached hydrogen (secondary N) is 2. The second kappa shape index (κ2) is 5.66. The second-order valence-corrected chi connectivity index (χ2v) is 6.10. The Bertz CT molecular complexity index is 618. The number of hydrogen-bond acceptors (Lipinski definition) is 2. The van der Waals surface area contributed by atoms with Crippen molar-refractivity contribution in [3.63, 3.8) is 0 Å². The third kappa shape index (κ3) is 2.52.